The van der Waals surface area contributed by atoms with Gasteiger partial charge < -0.3 is 0 Å². The zero-order valence-electron chi connectivity index (χ0n) is 13.5. The number of fused-ring (bicyclic) bond motifs is 2. The Balaban J connectivity index is 2.22. The van der Waals surface area contributed by atoms with Crippen LogP contribution in [0.15, 0.2) is 52.3 Å². The molecule has 0 spiro atoms. The second-order valence-electron chi connectivity index (χ2n) is 5.78. The van der Waals surface area contributed by atoms with Crippen LogP contribution in [-0.2, 0) is 0 Å². The van der Waals surface area contributed by atoms with Gasteiger partial charge in [-0.1, -0.05) is 53.4 Å². The van der Waals surface area contributed by atoms with Crippen molar-refractivity contribution in [3.63, 3.8) is 0 Å². The number of hydrogen-bond acceptors (Lipinski definition) is 2. The largest absolute Gasteiger partial charge is 0.299 e. The van der Waals surface area contributed by atoms with E-state index in [0.717, 1.165) is 22.7 Å². The molecule has 0 bridgehead atoms. The fourth-order valence-corrected chi connectivity index (χ4v) is 3.85. The van der Waals surface area contributed by atoms with Crippen LogP contribution >= 0.6 is 23.4 Å². The average molecular weight is 340 g/mol. The lowest BCUT2D eigenvalue weighted by atomic mass is 9.96. The third-order valence-corrected chi connectivity index (χ3v) is 5.09. The molecular formula is C20H18ClNS. The van der Waals surface area contributed by atoms with E-state index in [0.29, 0.717) is 0 Å². The van der Waals surface area contributed by atoms with Gasteiger partial charge in [0.1, 0.15) is 0 Å². The van der Waals surface area contributed by atoms with Crippen molar-refractivity contribution in [3.8, 4) is 11.8 Å². The molecule has 0 atom stereocenters. The van der Waals surface area contributed by atoms with Crippen molar-refractivity contribution in [1.29, 1.82) is 0 Å². The first-order chi connectivity index (χ1) is 11.1. The van der Waals surface area contributed by atoms with Gasteiger partial charge in [-0.05, 0) is 56.4 Å². The molecule has 0 fully saturated rings. The highest BCUT2D eigenvalue weighted by Gasteiger charge is 2.19. The Morgan fingerprint density at radius 1 is 1.04 bits per heavy atom. The van der Waals surface area contributed by atoms with Crippen molar-refractivity contribution >= 4 is 34.5 Å². The standard InChI is InChI=1S/C20H18ClNS/c1-14-16(8-6-12-22(2)3)18-13-15(21)10-11-20(18)23-19-9-5-4-7-17(14)19/h4-5,7,9-11,13H,12H2,1-3H3. The normalized spacial score (nSPS) is 13.1. The Morgan fingerprint density at radius 3 is 2.57 bits per heavy atom. The summed E-state index contributed by atoms with van der Waals surface area (Å²) in [6, 6.07) is 14.6. The van der Waals surface area contributed by atoms with Crippen LogP contribution < -0.4 is 0 Å². The van der Waals surface area contributed by atoms with Crippen molar-refractivity contribution in [2.24, 2.45) is 0 Å². The topological polar surface area (TPSA) is 3.24 Å². The molecule has 3 heteroatoms. The summed E-state index contributed by atoms with van der Waals surface area (Å²) < 4.78 is 0. The molecule has 0 saturated heterocycles. The van der Waals surface area contributed by atoms with Crippen LogP contribution in [0.2, 0.25) is 5.02 Å². The van der Waals surface area contributed by atoms with Crippen molar-refractivity contribution in [2.75, 3.05) is 20.6 Å². The Labute approximate surface area is 147 Å². The zero-order valence-corrected chi connectivity index (χ0v) is 15.1. The molecule has 1 heterocycles. The molecule has 116 valence electrons. The van der Waals surface area contributed by atoms with E-state index in [1.807, 2.05) is 26.2 Å². The van der Waals surface area contributed by atoms with E-state index in [9.17, 15) is 0 Å². The fourth-order valence-electron chi connectivity index (χ4n) is 2.55. The van der Waals surface area contributed by atoms with Crippen LogP contribution in [-0.4, -0.2) is 25.5 Å². The smallest absolute Gasteiger partial charge is 0.0600 e. The van der Waals surface area contributed by atoms with E-state index in [1.165, 1.54) is 20.9 Å². The van der Waals surface area contributed by atoms with E-state index in [2.05, 4.69) is 54.0 Å². The minimum atomic E-state index is 0.738. The van der Waals surface area contributed by atoms with Crippen LogP contribution in [0.1, 0.15) is 18.1 Å². The van der Waals surface area contributed by atoms with E-state index in [4.69, 9.17) is 11.6 Å². The van der Waals surface area contributed by atoms with E-state index in [-0.39, 0.29) is 0 Å². The van der Waals surface area contributed by atoms with E-state index < -0.39 is 0 Å². The summed E-state index contributed by atoms with van der Waals surface area (Å²) in [4.78, 5) is 4.53. The molecule has 2 aromatic carbocycles. The molecule has 0 aliphatic carbocycles. The second kappa shape index (κ2) is 6.84. The summed E-state index contributed by atoms with van der Waals surface area (Å²) in [5.41, 5.74) is 4.66. The molecule has 3 rings (SSSR count). The van der Waals surface area contributed by atoms with Gasteiger partial charge in [0.05, 0.1) is 6.54 Å². The highest BCUT2D eigenvalue weighted by Crippen LogP contribution is 2.44. The number of hydrogen-bond donors (Lipinski definition) is 0. The Hall–Kier alpha value is -1.66. The van der Waals surface area contributed by atoms with Gasteiger partial charge in [0.25, 0.3) is 0 Å². The van der Waals surface area contributed by atoms with Gasteiger partial charge in [0.15, 0.2) is 0 Å². The van der Waals surface area contributed by atoms with Gasteiger partial charge in [-0.15, -0.1) is 0 Å². The van der Waals surface area contributed by atoms with E-state index >= 15 is 0 Å². The molecule has 0 N–H and O–H groups in total. The summed E-state index contributed by atoms with van der Waals surface area (Å²) in [7, 11) is 4.05. The number of halogens is 1. The fraction of sp³-hybridized carbons (Fsp3) is 0.200. The maximum absolute atomic E-state index is 6.25. The van der Waals surface area contributed by atoms with Gasteiger partial charge in [-0.25, -0.2) is 0 Å². The number of benzene rings is 2. The molecule has 0 radical (unpaired) electrons. The SMILES string of the molecule is CC1=C(C#CCN(C)C)c2cc(Cl)ccc2Sc2ccccc21. The van der Waals surface area contributed by atoms with Crippen molar-refractivity contribution in [3.05, 3.63) is 58.6 Å². The summed E-state index contributed by atoms with van der Waals surface area (Å²) in [6.45, 7) is 2.89. The summed E-state index contributed by atoms with van der Waals surface area (Å²) >= 11 is 8.03. The lowest BCUT2D eigenvalue weighted by Crippen LogP contribution is -2.10. The molecule has 1 aliphatic heterocycles. The number of allylic oxidation sites excluding steroid dienone is 2. The Morgan fingerprint density at radius 2 is 1.78 bits per heavy atom. The van der Waals surface area contributed by atoms with Gasteiger partial charge >= 0.3 is 0 Å². The zero-order chi connectivity index (χ0) is 16.4. The minimum absolute atomic E-state index is 0.738. The first kappa shape index (κ1) is 16.2. The summed E-state index contributed by atoms with van der Waals surface area (Å²) in [6.07, 6.45) is 0. The quantitative estimate of drug-likeness (QED) is 0.648. The monoisotopic (exact) mass is 339 g/mol. The van der Waals surface area contributed by atoms with Crippen LogP contribution in [0.25, 0.3) is 11.1 Å². The Bertz CT molecular complexity index is 840. The molecule has 0 amide bonds. The molecule has 1 nitrogen and oxygen atoms in total. The van der Waals surface area contributed by atoms with Gasteiger partial charge in [-0.3, -0.25) is 4.90 Å². The molecular weight excluding hydrogens is 322 g/mol. The van der Waals surface area contributed by atoms with Crippen LogP contribution in [0.3, 0.4) is 0 Å². The molecule has 1 aliphatic rings. The maximum atomic E-state index is 6.25. The lowest BCUT2D eigenvalue weighted by Gasteiger charge is -2.08. The van der Waals surface area contributed by atoms with Crippen molar-refractivity contribution in [2.45, 2.75) is 16.7 Å². The number of rotatable bonds is 1. The van der Waals surface area contributed by atoms with Crippen LogP contribution in [0.5, 0.6) is 0 Å². The minimum Gasteiger partial charge on any atom is -0.299 e. The first-order valence-corrected chi connectivity index (χ1v) is 8.67. The maximum Gasteiger partial charge on any atom is 0.0600 e. The lowest BCUT2D eigenvalue weighted by molar-refractivity contribution is 0.464. The van der Waals surface area contributed by atoms with Crippen LogP contribution in [0, 0.1) is 11.8 Å². The third-order valence-electron chi connectivity index (χ3n) is 3.71. The molecule has 0 unspecified atom stereocenters. The van der Waals surface area contributed by atoms with Gasteiger partial charge in [0, 0.05) is 26.0 Å². The molecule has 0 aromatic heterocycles. The third kappa shape index (κ3) is 3.48. The van der Waals surface area contributed by atoms with E-state index in [1.54, 1.807) is 11.8 Å². The molecule has 23 heavy (non-hydrogen) atoms. The van der Waals surface area contributed by atoms with Gasteiger partial charge in [0.2, 0.25) is 0 Å². The predicted octanol–water partition coefficient (Wildman–Crippen LogP) is 5.30. The predicted molar refractivity (Wildman–Crippen MR) is 101 cm³/mol. The highest BCUT2D eigenvalue weighted by atomic mass is 35.5. The second-order valence-corrected chi connectivity index (χ2v) is 7.30. The number of nitrogens with zero attached hydrogens (tertiary/aromatic N) is 1. The molecule has 2 aromatic rings. The summed E-state index contributed by atoms with van der Waals surface area (Å²) in [5.74, 6) is 6.65. The summed E-state index contributed by atoms with van der Waals surface area (Å²) in [5, 5.41) is 0.745. The Kier molecular flexibility index (Phi) is 4.82. The first-order valence-electron chi connectivity index (χ1n) is 7.48. The van der Waals surface area contributed by atoms with Gasteiger partial charge in [-0.2, -0.15) is 0 Å². The van der Waals surface area contributed by atoms with Crippen molar-refractivity contribution < 1.29 is 0 Å². The molecule has 0 saturated carbocycles. The van der Waals surface area contributed by atoms with Crippen molar-refractivity contribution in [1.82, 2.24) is 4.90 Å². The average Bonchev–Trinajstić information content (AvgIpc) is 2.63. The highest BCUT2D eigenvalue weighted by molar-refractivity contribution is 7.99. The van der Waals surface area contributed by atoms with Crippen LogP contribution in [0.4, 0.5) is 0 Å².